The standard InChI is InChI=1S/C14H12FN3/c1-9-6-14(18(2)17-9)11-8-13-10(7-12(11)15)4-3-5-16-13/h3-8H,1-2H3. The van der Waals surface area contributed by atoms with E-state index in [9.17, 15) is 4.39 Å². The van der Waals surface area contributed by atoms with Gasteiger partial charge in [0.15, 0.2) is 0 Å². The molecule has 0 amide bonds. The Morgan fingerprint density at radius 3 is 2.78 bits per heavy atom. The van der Waals surface area contributed by atoms with Crippen LogP contribution in [0.5, 0.6) is 0 Å². The Balaban J connectivity index is 2.29. The highest BCUT2D eigenvalue weighted by Crippen LogP contribution is 2.26. The molecule has 0 fully saturated rings. The summed E-state index contributed by atoms with van der Waals surface area (Å²) in [6, 6.07) is 8.80. The molecule has 0 spiro atoms. The van der Waals surface area contributed by atoms with E-state index in [0.29, 0.717) is 5.56 Å². The predicted octanol–water partition coefficient (Wildman–Crippen LogP) is 3.08. The number of fused-ring (bicyclic) bond motifs is 1. The third-order valence-corrected chi connectivity index (χ3v) is 2.97. The molecule has 0 bridgehead atoms. The lowest BCUT2D eigenvalue weighted by atomic mass is 10.1. The van der Waals surface area contributed by atoms with Crippen LogP contribution in [-0.4, -0.2) is 14.8 Å². The van der Waals surface area contributed by atoms with Crippen molar-refractivity contribution in [1.82, 2.24) is 14.8 Å². The van der Waals surface area contributed by atoms with Crippen molar-refractivity contribution in [3.8, 4) is 11.3 Å². The molecule has 0 unspecified atom stereocenters. The molecule has 18 heavy (non-hydrogen) atoms. The molecule has 0 saturated heterocycles. The van der Waals surface area contributed by atoms with E-state index in [-0.39, 0.29) is 5.82 Å². The minimum absolute atomic E-state index is 0.251. The number of hydrogen-bond donors (Lipinski definition) is 0. The van der Waals surface area contributed by atoms with Crippen LogP contribution < -0.4 is 0 Å². The first-order valence-corrected chi connectivity index (χ1v) is 5.70. The lowest BCUT2D eigenvalue weighted by Gasteiger charge is -2.05. The molecule has 2 aromatic heterocycles. The number of pyridine rings is 1. The monoisotopic (exact) mass is 241 g/mol. The summed E-state index contributed by atoms with van der Waals surface area (Å²) < 4.78 is 15.8. The van der Waals surface area contributed by atoms with Crippen LogP contribution in [0.25, 0.3) is 22.2 Å². The minimum Gasteiger partial charge on any atom is -0.268 e. The van der Waals surface area contributed by atoms with Gasteiger partial charge in [-0.3, -0.25) is 9.67 Å². The van der Waals surface area contributed by atoms with Crippen molar-refractivity contribution in [3.63, 3.8) is 0 Å². The molecule has 0 aliphatic rings. The summed E-state index contributed by atoms with van der Waals surface area (Å²) in [7, 11) is 1.81. The molecule has 2 heterocycles. The average molecular weight is 241 g/mol. The van der Waals surface area contributed by atoms with Crippen LogP contribution in [0.4, 0.5) is 4.39 Å². The van der Waals surface area contributed by atoms with E-state index >= 15 is 0 Å². The lowest BCUT2D eigenvalue weighted by Crippen LogP contribution is -1.96. The van der Waals surface area contributed by atoms with Crippen LogP contribution in [0.1, 0.15) is 5.69 Å². The molecule has 1 aromatic carbocycles. The topological polar surface area (TPSA) is 30.7 Å². The highest BCUT2D eigenvalue weighted by atomic mass is 19.1. The first-order chi connectivity index (χ1) is 8.65. The fourth-order valence-electron chi connectivity index (χ4n) is 2.15. The lowest BCUT2D eigenvalue weighted by molar-refractivity contribution is 0.629. The number of aromatic nitrogens is 3. The van der Waals surface area contributed by atoms with Crippen LogP contribution in [-0.2, 0) is 7.05 Å². The number of rotatable bonds is 1. The second-order valence-corrected chi connectivity index (χ2v) is 4.32. The molecule has 0 radical (unpaired) electrons. The number of benzene rings is 1. The first kappa shape index (κ1) is 10.9. The van der Waals surface area contributed by atoms with Gasteiger partial charge in [-0.1, -0.05) is 6.07 Å². The Morgan fingerprint density at radius 2 is 2.06 bits per heavy atom. The third kappa shape index (κ3) is 1.66. The van der Waals surface area contributed by atoms with Crippen LogP contribution in [0.3, 0.4) is 0 Å². The van der Waals surface area contributed by atoms with E-state index in [1.807, 2.05) is 26.1 Å². The fraction of sp³-hybridized carbons (Fsp3) is 0.143. The number of halogens is 1. The Bertz CT molecular complexity index is 731. The first-order valence-electron chi connectivity index (χ1n) is 5.70. The predicted molar refractivity (Wildman–Crippen MR) is 68.6 cm³/mol. The molecule has 3 rings (SSSR count). The van der Waals surface area contributed by atoms with Crippen molar-refractivity contribution < 1.29 is 4.39 Å². The Labute approximate surface area is 104 Å². The van der Waals surface area contributed by atoms with Crippen molar-refractivity contribution in [3.05, 3.63) is 48.0 Å². The van der Waals surface area contributed by atoms with Gasteiger partial charge >= 0.3 is 0 Å². The highest BCUT2D eigenvalue weighted by Gasteiger charge is 2.11. The molecule has 0 aliphatic carbocycles. The van der Waals surface area contributed by atoms with E-state index in [2.05, 4.69) is 10.1 Å². The van der Waals surface area contributed by atoms with Gasteiger partial charge in [0.05, 0.1) is 16.9 Å². The zero-order valence-electron chi connectivity index (χ0n) is 10.2. The van der Waals surface area contributed by atoms with Gasteiger partial charge in [0, 0.05) is 24.2 Å². The number of aryl methyl sites for hydroxylation is 2. The smallest absolute Gasteiger partial charge is 0.133 e. The summed E-state index contributed by atoms with van der Waals surface area (Å²) in [5.74, 6) is -0.251. The second-order valence-electron chi connectivity index (χ2n) is 4.32. The summed E-state index contributed by atoms with van der Waals surface area (Å²) in [5.41, 5.74) is 2.95. The van der Waals surface area contributed by atoms with Gasteiger partial charge in [-0.25, -0.2) is 4.39 Å². The van der Waals surface area contributed by atoms with E-state index < -0.39 is 0 Å². The van der Waals surface area contributed by atoms with E-state index in [1.165, 1.54) is 6.07 Å². The molecule has 3 nitrogen and oxygen atoms in total. The highest BCUT2D eigenvalue weighted by molar-refractivity contribution is 5.83. The maximum atomic E-state index is 14.1. The van der Waals surface area contributed by atoms with Crippen LogP contribution in [0.2, 0.25) is 0 Å². The molecule has 90 valence electrons. The molecular weight excluding hydrogens is 229 g/mol. The molecular formula is C14H12FN3. The Morgan fingerprint density at radius 1 is 1.22 bits per heavy atom. The van der Waals surface area contributed by atoms with Crippen LogP contribution in [0.15, 0.2) is 36.5 Å². The summed E-state index contributed by atoms with van der Waals surface area (Å²) >= 11 is 0. The third-order valence-electron chi connectivity index (χ3n) is 2.97. The fourth-order valence-corrected chi connectivity index (χ4v) is 2.15. The molecule has 4 heteroatoms. The van der Waals surface area contributed by atoms with E-state index in [0.717, 1.165) is 22.3 Å². The van der Waals surface area contributed by atoms with Gasteiger partial charge in [-0.2, -0.15) is 5.10 Å². The normalized spacial score (nSPS) is 11.1. The summed E-state index contributed by atoms with van der Waals surface area (Å²) in [4.78, 5) is 4.25. The minimum atomic E-state index is -0.251. The van der Waals surface area contributed by atoms with Crippen molar-refractivity contribution >= 4 is 10.9 Å². The SMILES string of the molecule is Cc1cc(-c2cc3ncccc3cc2F)n(C)n1. The molecule has 0 aliphatic heterocycles. The van der Waals surface area contributed by atoms with Gasteiger partial charge in [-0.05, 0) is 31.2 Å². The van der Waals surface area contributed by atoms with Gasteiger partial charge in [0.25, 0.3) is 0 Å². The zero-order chi connectivity index (χ0) is 12.7. The van der Waals surface area contributed by atoms with Crippen molar-refractivity contribution in [2.24, 2.45) is 7.05 Å². The number of hydrogen-bond acceptors (Lipinski definition) is 2. The zero-order valence-corrected chi connectivity index (χ0v) is 10.2. The molecule has 0 atom stereocenters. The quantitative estimate of drug-likeness (QED) is 0.655. The van der Waals surface area contributed by atoms with Gasteiger partial charge in [-0.15, -0.1) is 0 Å². The van der Waals surface area contributed by atoms with Crippen LogP contribution in [0, 0.1) is 12.7 Å². The Hall–Kier alpha value is -2.23. The summed E-state index contributed by atoms with van der Waals surface area (Å²) in [6.07, 6.45) is 1.71. The van der Waals surface area contributed by atoms with E-state index in [1.54, 1.807) is 23.0 Å². The van der Waals surface area contributed by atoms with Gasteiger partial charge in [0.1, 0.15) is 5.82 Å². The summed E-state index contributed by atoms with van der Waals surface area (Å²) in [6.45, 7) is 1.89. The molecule has 0 N–H and O–H groups in total. The van der Waals surface area contributed by atoms with E-state index in [4.69, 9.17) is 0 Å². The summed E-state index contributed by atoms with van der Waals surface area (Å²) in [5, 5.41) is 5.04. The van der Waals surface area contributed by atoms with Gasteiger partial charge < -0.3 is 0 Å². The largest absolute Gasteiger partial charge is 0.268 e. The van der Waals surface area contributed by atoms with Gasteiger partial charge in [0.2, 0.25) is 0 Å². The maximum Gasteiger partial charge on any atom is 0.133 e. The van der Waals surface area contributed by atoms with Crippen LogP contribution >= 0.6 is 0 Å². The maximum absolute atomic E-state index is 14.1. The number of nitrogens with zero attached hydrogens (tertiary/aromatic N) is 3. The van der Waals surface area contributed by atoms with Crippen molar-refractivity contribution in [2.75, 3.05) is 0 Å². The van der Waals surface area contributed by atoms with Crippen molar-refractivity contribution in [1.29, 1.82) is 0 Å². The second kappa shape index (κ2) is 3.91. The Kier molecular flexibility index (Phi) is 2.37. The molecule has 0 saturated carbocycles. The average Bonchev–Trinajstić information content (AvgIpc) is 2.67. The van der Waals surface area contributed by atoms with Crippen molar-refractivity contribution in [2.45, 2.75) is 6.92 Å². The molecule has 3 aromatic rings.